The summed E-state index contributed by atoms with van der Waals surface area (Å²) in [6.07, 6.45) is 6.69. The maximum absolute atomic E-state index is 12.5. The number of hydrogen-bond donors (Lipinski definition) is 3. The monoisotopic (exact) mass is 920 g/mol. The molecule has 0 saturated carbocycles. The molecule has 0 fully saturated rings. The van der Waals surface area contributed by atoms with Crippen LogP contribution in [-0.2, 0) is 71.5 Å². The van der Waals surface area contributed by atoms with Gasteiger partial charge in [-0.05, 0) is 57.7 Å². The van der Waals surface area contributed by atoms with Crippen LogP contribution in [0.1, 0.15) is 106 Å². The highest BCUT2D eigenvalue weighted by atomic mass is 35.5. The predicted octanol–water partition coefficient (Wildman–Crippen LogP) is 4.72. The van der Waals surface area contributed by atoms with Crippen molar-refractivity contribution in [3.05, 3.63) is 50.6 Å². The number of allylic oxidation sites excluding steroid dienone is 1. The van der Waals surface area contributed by atoms with E-state index < -0.39 is 82.3 Å². The van der Waals surface area contributed by atoms with Crippen molar-refractivity contribution in [3.8, 4) is 0 Å². The third kappa shape index (κ3) is 32.4. The fourth-order valence-corrected chi connectivity index (χ4v) is 4.25. The van der Waals surface area contributed by atoms with Crippen molar-refractivity contribution in [3.63, 3.8) is 0 Å². The van der Waals surface area contributed by atoms with E-state index in [1.165, 1.54) is 13.8 Å². The average molecular weight is 921 g/mol. The van der Waals surface area contributed by atoms with E-state index in [1.54, 1.807) is 13.8 Å². The van der Waals surface area contributed by atoms with Crippen molar-refractivity contribution in [2.24, 2.45) is 10.8 Å². The second kappa shape index (κ2) is 36.6. The van der Waals surface area contributed by atoms with Crippen molar-refractivity contribution < 1.29 is 86.8 Å². The summed E-state index contributed by atoms with van der Waals surface area (Å²) in [4.78, 5) is 92.3. The molecule has 0 aromatic heterocycles. The number of carbonyl (C=O) groups excluding carboxylic acids is 8. The van der Waals surface area contributed by atoms with E-state index in [-0.39, 0.29) is 46.1 Å². The van der Waals surface area contributed by atoms with Gasteiger partial charge in [0.2, 0.25) is 5.24 Å². The van der Waals surface area contributed by atoms with Gasteiger partial charge in [-0.25, -0.2) is 33.6 Å². The van der Waals surface area contributed by atoms with E-state index in [2.05, 4.69) is 33.2 Å². The number of aliphatic hydroxyl groups excluding tert-OH is 3. The summed E-state index contributed by atoms with van der Waals surface area (Å²) >= 11 is 4.71. The van der Waals surface area contributed by atoms with E-state index >= 15 is 0 Å². The van der Waals surface area contributed by atoms with Gasteiger partial charge in [0, 0.05) is 23.6 Å². The van der Waals surface area contributed by atoms with Crippen LogP contribution in [0, 0.1) is 10.8 Å². The topological polar surface area (TPSA) is 262 Å². The van der Waals surface area contributed by atoms with Crippen molar-refractivity contribution in [1.29, 1.82) is 0 Å². The zero-order valence-electron chi connectivity index (χ0n) is 37.6. The number of hydrogen-bond acceptors (Lipinski definition) is 18. The van der Waals surface area contributed by atoms with Crippen molar-refractivity contribution in [2.75, 3.05) is 39.6 Å². The van der Waals surface area contributed by atoms with Crippen LogP contribution >= 0.6 is 11.6 Å². The first-order valence-corrected chi connectivity index (χ1v) is 20.8. The van der Waals surface area contributed by atoms with E-state index in [9.17, 15) is 43.5 Å². The van der Waals surface area contributed by atoms with Gasteiger partial charge < -0.3 is 48.5 Å². The molecule has 63 heavy (non-hydrogen) atoms. The number of esters is 7. The van der Waals surface area contributed by atoms with Gasteiger partial charge in [-0.3, -0.25) is 4.79 Å². The van der Waals surface area contributed by atoms with Crippen LogP contribution in [0.4, 0.5) is 0 Å². The summed E-state index contributed by atoms with van der Waals surface area (Å²) in [6.45, 7) is 21.1. The maximum Gasteiger partial charge on any atom is 0.348 e. The molecule has 0 heterocycles. The van der Waals surface area contributed by atoms with E-state index in [1.807, 2.05) is 6.92 Å². The summed E-state index contributed by atoms with van der Waals surface area (Å²) in [5, 5.41) is 27.4. The van der Waals surface area contributed by atoms with Gasteiger partial charge in [0.1, 0.15) is 26.4 Å². The van der Waals surface area contributed by atoms with E-state index in [4.69, 9.17) is 55.0 Å². The number of rotatable bonds is 31. The molecule has 0 radical (unpaired) electrons. The number of carbonyl (C=O) groups is 8. The fourth-order valence-electron chi connectivity index (χ4n) is 4.25. The summed E-state index contributed by atoms with van der Waals surface area (Å²) < 4.78 is 35.3. The minimum absolute atomic E-state index is 0.194. The second-order valence-corrected chi connectivity index (χ2v) is 15.2. The molecule has 0 aliphatic heterocycles. The number of halogens is 1. The molecular weight excluding hydrogens is 852 g/mol. The Kier molecular flexibility index (Phi) is 36.2. The van der Waals surface area contributed by atoms with Crippen LogP contribution in [0.25, 0.3) is 0 Å². The molecule has 0 rings (SSSR count). The van der Waals surface area contributed by atoms with Crippen molar-refractivity contribution >= 4 is 58.6 Å². The first-order valence-electron chi connectivity index (χ1n) is 20.5. The Balaban J connectivity index is -0.00000110. The molecule has 19 heteroatoms. The maximum atomic E-state index is 12.5. The zero-order valence-corrected chi connectivity index (χ0v) is 38.4. The highest BCUT2D eigenvalue weighted by Gasteiger charge is 2.33. The fraction of sp³-hybridized carbons (Fsp3) is 0.636. The molecule has 0 aromatic carbocycles. The third-order valence-corrected chi connectivity index (χ3v) is 8.52. The second-order valence-electron chi connectivity index (χ2n) is 14.8. The van der Waals surface area contributed by atoms with Gasteiger partial charge in [-0.1, -0.05) is 92.0 Å². The quantitative estimate of drug-likeness (QED) is 0.0279. The normalized spacial score (nSPS) is 12.5. The summed E-state index contributed by atoms with van der Waals surface area (Å²) in [5.41, 5.74) is -2.05. The van der Waals surface area contributed by atoms with Gasteiger partial charge in [-0.15, -0.1) is 0 Å². The van der Waals surface area contributed by atoms with Gasteiger partial charge in [0.15, 0.2) is 24.4 Å². The molecule has 18 nitrogen and oxygen atoms in total. The van der Waals surface area contributed by atoms with Crippen LogP contribution in [0.3, 0.4) is 0 Å². The Labute approximate surface area is 375 Å². The first-order chi connectivity index (χ1) is 29.6. The Morgan fingerprint density at radius 1 is 0.540 bits per heavy atom. The SMILES string of the molecule is C=CC(=O)Cl.C=CC(=O)OCC(C)(COC(=O)C=C)COC(=O)C(C)OC(=O)C(CCCCCC)OC(=O)C=C.CCCCCCC(O)C(=O)OC(C)C(=O)OCC(C)(CO)CO. The Bertz CT molecular complexity index is 1430. The molecule has 0 aliphatic rings. The molecule has 360 valence electrons. The van der Waals surface area contributed by atoms with Gasteiger partial charge in [-0.2, -0.15) is 0 Å². The molecule has 0 aliphatic carbocycles. The molecular formula is C44H69ClO18. The third-order valence-electron chi connectivity index (χ3n) is 8.37. The molecule has 0 amide bonds. The van der Waals surface area contributed by atoms with Gasteiger partial charge >= 0.3 is 41.8 Å². The molecule has 0 saturated heterocycles. The van der Waals surface area contributed by atoms with Crippen LogP contribution < -0.4 is 0 Å². The van der Waals surface area contributed by atoms with Crippen LogP contribution in [0.2, 0.25) is 0 Å². The summed E-state index contributed by atoms with van der Waals surface area (Å²) in [6, 6.07) is 0. The minimum atomic E-state index is -1.32. The molecule has 0 aromatic rings. The lowest BCUT2D eigenvalue weighted by Crippen LogP contribution is -2.39. The van der Waals surface area contributed by atoms with Gasteiger partial charge in [0.25, 0.3) is 0 Å². The van der Waals surface area contributed by atoms with E-state index in [0.717, 1.165) is 62.8 Å². The predicted molar refractivity (Wildman–Crippen MR) is 230 cm³/mol. The lowest BCUT2D eigenvalue weighted by molar-refractivity contribution is -0.179. The number of unbranched alkanes of at least 4 members (excludes halogenated alkanes) is 6. The molecule has 3 N–H and O–H groups in total. The molecule has 4 unspecified atom stereocenters. The Morgan fingerprint density at radius 3 is 1.30 bits per heavy atom. The van der Waals surface area contributed by atoms with Crippen LogP contribution in [0.15, 0.2) is 50.6 Å². The zero-order chi connectivity index (χ0) is 49.0. The molecule has 0 spiro atoms. The minimum Gasteiger partial charge on any atom is -0.462 e. The highest BCUT2D eigenvalue weighted by Crippen LogP contribution is 2.20. The lowest BCUT2D eigenvalue weighted by Gasteiger charge is -2.28. The molecule has 4 atom stereocenters. The first kappa shape index (κ1) is 62.4. The standard InChI is InChI=1S/C25H36O10.C16H30O7.C3H3ClO/c1-7-11-12-13-14-19(35-22(28)10-4)24(30)34-18(5)23(29)33-17-25(6,15-31-20(26)8-2)16-32-21(27)9-3;1-4-5-6-7-8-13(19)15(21)23-12(2)14(20)22-11-16(3,9-17)10-18;1-2-3(4)5/h8-10,18-19H,2-4,7,11-17H2,1,5-6H3;12-13,17-19H,4-11H2,1-3H3;2H,1H2. The largest absolute Gasteiger partial charge is 0.462 e. The van der Waals surface area contributed by atoms with E-state index in [0.29, 0.717) is 19.3 Å². The van der Waals surface area contributed by atoms with Crippen molar-refractivity contribution in [2.45, 2.75) is 130 Å². The highest BCUT2D eigenvalue weighted by molar-refractivity contribution is 6.66. The lowest BCUT2D eigenvalue weighted by atomic mass is 9.94. The summed E-state index contributed by atoms with van der Waals surface area (Å²) in [7, 11) is 0. The van der Waals surface area contributed by atoms with Crippen LogP contribution in [0.5, 0.6) is 0 Å². The van der Waals surface area contributed by atoms with Crippen molar-refractivity contribution in [1.82, 2.24) is 0 Å². The smallest absolute Gasteiger partial charge is 0.348 e. The Hall–Kier alpha value is -4.91. The number of ether oxygens (including phenoxy) is 7. The van der Waals surface area contributed by atoms with Crippen LogP contribution in [-0.4, -0.2) is 126 Å². The summed E-state index contributed by atoms with van der Waals surface area (Å²) in [5.74, 6) is -5.62. The molecule has 0 bridgehead atoms. The average Bonchev–Trinajstić information content (AvgIpc) is 3.27. The Morgan fingerprint density at radius 2 is 0.921 bits per heavy atom. The number of aliphatic hydroxyl groups is 3. The van der Waals surface area contributed by atoms with Gasteiger partial charge in [0.05, 0.1) is 18.6 Å².